The van der Waals surface area contributed by atoms with E-state index in [1.807, 2.05) is 55.5 Å². The molecule has 3 aromatic heterocycles. The molecule has 198 valence electrons. The van der Waals surface area contributed by atoms with E-state index in [0.29, 0.717) is 11.5 Å². The Morgan fingerprint density at radius 3 is 2.41 bits per heavy atom. The van der Waals surface area contributed by atoms with Crippen molar-refractivity contribution < 1.29 is 23.8 Å². The van der Waals surface area contributed by atoms with Crippen LogP contribution < -0.4 is 10.2 Å². The van der Waals surface area contributed by atoms with Gasteiger partial charge in [-0.25, -0.2) is 5.43 Å². The van der Waals surface area contributed by atoms with Crippen molar-refractivity contribution in [3.05, 3.63) is 107 Å². The number of aryl methyl sites for hydroxylation is 2. The molecule has 0 aliphatic rings. The van der Waals surface area contributed by atoms with E-state index >= 15 is 0 Å². The number of carboxylic acid groups (broad SMARTS) is 1. The molecule has 0 fully saturated rings. The molecule has 39 heavy (non-hydrogen) atoms. The smallest absolute Gasteiger partial charge is 0.323 e. The van der Waals surface area contributed by atoms with Gasteiger partial charge in [0, 0.05) is 39.2 Å². The highest BCUT2D eigenvalue weighted by atomic mass is 16.5. The number of ether oxygens (including phenoxy) is 1. The molecule has 9 heteroatoms. The lowest BCUT2D eigenvalue weighted by molar-refractivity contribution is -0.137. The van der Waals surface area contributed by atoms with Crippen LogP contribution in [0.25, 0.3) is 16.6 Å². The number of hydrogen-bond donors (Lipinski definition) is 2. The van der Waals surface area contributed by atoms with Crippen molar-refractivity contribution in [3.63, 3.8) is 0 Å². The fraction of sp³-hybridized carbons (Fsp3) is 0.167. The lowest BCUT2D eigenvalue weighted by Gasteiger charge is -2.10. The number of amides is 1. The zero-order chi connectivity index (χ0) is 27.5. The molecular formula is C30H28N4O5. The number of hydrazone groups is 1. The largest absolute Gasteiger partial charge is 0.486 e. The van der Waals surface area contributed by atoms with E-state index in [0.717, 1.165) is 39.2 Å². The van der Waals surface area contributed by atoms with Crippen molar-refractivity contribution in [3.8, 4) is 11.4 Å². The van der Waals surface area contributed by atoms with Gasteiger partial charge in [0.15, 0.2) is 5.76 Å². The van der Waals surface area contributed by atoms with Crippen LogP contribution in [0.2, 0.25) is 0 Å². The van der Waals surface area contributed by atoms with Crippen molar-refractivity contribution in [2.24, 2.45) is 5.10 Å². The molecule has 5 rings (SSSR count). The average molecular weight is 525 g/mol. The third-order valence-corrected chi connectivity index (χ3v) is 6.57. The van der Waals surface area contributed by atoms with Crippen LogP contribution in [0.3, 0.4) is 0 Å². The molecule has 0 aliphatic heterocycles. The maximum Gasteiger partial charge on any atom is 0.323 e. The van der Waals surface area contributed by atoms with Crippen LogP contribution in [0, 0.1) is 20.8 Å². The fourth-order valence-electron chi connectivity index (χ4n) is 4.67. The molecule has 0 saturated heterocycles. The minimum absolute atomic E-state index is 0.102. The molecule has 5 aromatic rings. The number of para-hydroxylation sites is 1. The topological polar surface area (TPSA) is 111 Å². The second kappa shape index (κ2) is 10.7. The minimum Gasteiger partial charge on any atom is -0.486 e. The summed E-state index contributed by atoms with van der Waals surface area (Å²) in [6.07, 6.45) is 1.52. The van der Waals surface area contributed by atoms with Gasteiger partial charge in [0.2, 0.25) is 0 Å². The predicted octanol–water partition coefficient (Wildman–Crippen LogP) is 5.38. The van der Waals surface area contributed by atoms with Gasteiger partial charge in [-0.05, 0) is 75.4 Å². The van der Waals surface area contributed by atoms with E-state index < -0.39 is 11.9 Å². The van der Waals surface area contributed by atoms with E-state index in [9.17, 15) is 14.7 Å². The van der Waals surface area contributed by atoms with Gasteiger partial charge in [0.25, 0.3) is 0 Å². The molecule has 0 radical (unpaired) electrons. The highest BCUT2D eigenvalue weighted by molar-refractivity contribution is 6.02. The average Bonchev–Trinajstić information content (AvgIpc) is 3.61. The monoisotopic (exact) mass is 524 g/mol. The summed E-state index contributed by atoms with van der Waals surface area (Å²) in [5.74, 6) is -0.160. The van der Waals surface area contributed by atoms with Gasteiger partial charge in [0.1, 0.15) is 24.7 Å². The summed E-state index contributed by atoms with van der Waals surface area (Å²) < 4.78 is 15.3. The molecule has 0 bridgehead atoms. The van der Waals surface area contributed by atoms with Crippen LogP contribution in [0.15, 0.2) is 82.3 Å². The Morgan fingerprint density at radius 1 is 0.974 bits per heavy atom. The Bertz CT molecular complexity index is 1670. The molecule has 0 aliphatic carbocycles. The third-order valence-electron chi connectivity index (χ3n) is 6.57. The summed E-state index contributed by atoms with van der Waals surface area (Å²) >= 11 is 0. The first-order valence-electron chi connectivity index (χ1n) is 12.4. The molecule has 3 heterocycles. The van der Waals surface area contributed by atoms with E-state index in [1.54, 1.807) is 16.7 Å². The lowest BCUT2D eigenvalue weighted by Crippen LogP contribution is -2.17. The van der Waals surface area contributed by atoms with Gasteiger partial charge in [0.05, 0.1) is 6.21 Å². The first-order valence-corrected chi connectivity index (χ1v) is 12.4. The molecule has 0 saturated carbocycles. The Balaban J connectivity index is 1.21. The van der Waals surface area contributed by atoms with Crippen molar-refractivity contribution in [1.82, 2.24) is 14.6 Å². The number of benzene rings is 2. The van der Waals surface area contributed by atoms with Crippen LogP contribution >= 0.6 is 0 Å². The number of aliphatic carboxylic acids is 1. The Kier molecular flexibility index (Phi) is 7.05. The molecule has 9 nitrogen and oxygen atoms in total. The number of furan rings is 1. The zero-order valence-electron chi connectivity index (χ0n) is 21.8. The van der Waals surface area contributed by atoms with Gasteiger partial charge in [-0.15, -0.1) is 0 Å². The van der Waals surface area contributed by atoms with E-state index in [1.165, 1.54) is 6.21 Å². The number of hydrogen-bond acceptors (Lipinski definition) is 5. The second-order valence-corrected chi connectivity index (χ2v) is 9.20. The maximum absolute atomic E-state index is 12.6. The summed E-state index contributed by atoms with van der Waals surface area (Å²) in [5, 5.41) is 14.2. The van der Waals surface area contributed by atoms with Crippen LogP contribution in [0.4, 0.5) is 0 Å². The van der Waals surface area contributed by atoms with Crippen LogP contribution in [0.1, 0.15) is 39.0 Å². The van der Waals surface area contributed by atoms with Gasteiger partial charge < -0.3 is 23.4 Å². The molecule has 0 atom stereocenters. The Hall–Kier alpha value is -5.05. The zero-order valence-corrected chi connectivity index (χ0v) is 21.8. The first-order chi connectivity index (χ1) is 18.8. The number of carbonyl (C=O) groups excluding carboxylic acids is 1. The highest BCUT2D eigenvalue weighted by Gasteiger charge is 2.15. The van der Waals surface area contributed by atoms with Gasteiger partial charge >= 0.3 is 11.9 Å². The number of rotatable bonds is 9. The second-order valence-electron chi connectivity index (χ2n) is 9.20. The SMILES string of the molecule is Cc1ccc(C)n1-c1ccc(OCc2ccc(C(=O)N/N=C/c3c(C)n(CC(=O)O)c4ccccc34)o2)cc1. The molecule has 2 aromatic carbocycles. The normalized spacial score (nSPS) is 11.4. The predicted molar refractivity (Wildman–Crippen MR) is 148 cm³/mol. The van der Waals surface area contributed by atoms with Crippen LogP contribution in [-0.2, 0) is 17.9 Å². The fourth-order valence-corrected chi connectivity index (χ4v) is 4.67. The number of carboxylic acids is 1. The third kappa shape index (κ3) is 5.33. The minimum atomic E-state index is -0.938. The number of carbonyl (C=O) groups is 2. The summed E-state index contributed by atoms with van der Waals surface area (Å²) in [6, 6.07) is 22.7. The number of aromatic nitrogens is 2. The van der Waals surface area contributed by atoms with Crippen molar-refractivity contribution >= 4 is 29.0 Å². The Labute approximate surface area is 224 Å². The number of nitrogens with one attached hydrogen (secondary N) is 1. The Morgan fingerprint density at radius 2 is 1.69 bits per heavy atom. The summed E-state index contributed by atoms with van der Waals surface area (Å²) in [5.41, 5.74) is 8.10. The van der Waals surface area contributed by atoms with E-state index in [-0.39, 0.29) is 18.9 Å². The maximum atomic E-state index is 12.6. The first kappa shape index (κ1) is 25.6. The quantitative estimate of drug-likeness (QED) is 0.199. The molecule has 1 amide bonds. The molecule has 2 N–H and O–H groups in total. The number of nitrogens with zero attached hydrogens (tertiary/aromatic N) is 3. The highest BCUT2D eigenvalue weighted by Crippen LogP contribution is 2.25. The van der Waals surface area contributed by atoms with Crippen LogP contribution in [-0.4, -0.2) is 32.3 Å². The molecular weight excluding hydrogens is 496 g/mol. The van der Waals surface area contributed by atoms with Gasteiger partial charge in [-0.3, -0.25) is 9.59 Å². The van der Waals surface area contributed by atoms with Crippen LogP contribution in [0.5, 0.6) is 5.75 Å². The van der Waals surface area contributed by atoms with Crippen molar-refractivity contribution in [2.45, 2.75) is 33.9 Å². The van der Waals surface area contributed by atoms with Crippen molar-refractivity contribution in [2.75, 3.05) is 0 Å². The standard InChI is InChI=1S/C30H28N4O5/c1-19-8-9-20(2)34(19)22-10-12-23(13-11-22)38-18-24-14-15-28(39-24)30(37)32-31-16-26-21(3)33(17-29(35)36)27-7-5-4-6-25(26)27/h4-16H,17-18H2,1-3H3,(H,32,37)(H,35,36)/b31-16+. The molecule has 0 unspecified atom stereocenters. The summed E-state index contributed by atoms with van der Waals surface area (Å²) in [4.78, 5) is 23.9. The summed E-state index contributed by atoms with van der Waals surface area (Å²) in [7, 11) is 0. The van der Waals surface area contributed by atoms with Gasteiger partial charge in [-0.2, -0.15) is 5.10 Å². The molecule has 0 spiro atoms. The van der Waals surface area contributed by atoms with E-state index in [4.69, 9.17) is 9.15 Å². The van der Waals surface area contributed by atoms with E-state index in [2.05, 4.69) is 41.1 Å². The van der Waals surface area contributed by atoms with Gasteiger partial charge in [-0.1, -0.05) is 18.2 Å². The van der Waals surface area contributed by atoms with Crippen molar-refractivity contribution in [1.29, 1.82) is 0 Å². The number of fused-ring (bicyclic) bond motifs is 1. The lowest BCUT2D eigenvalue weighted by atomic mass is 10.1. The summed E-state index contributed by atoms with van der Waals surface area (Å²) in [6.45, 7) is 5.95.